The largest absolute Gasteiger partial charge is 0.376 e. The van der Waals surface area contributed by atoms with Crippen LogP contribution in [0.15, 0.2) is 12.7 Å². The van der Waals surface area contributed by atoms with Gasteiger partial charge in [0.25, 0.3) is 0 Å². The monoisotopic (exact) mass is 224 g/mol. The molecule has 0 N–H and O–H groups in total. The van der Waals surface area contributed by atoms with E-state index < -0.39 is 0 Å². The van der Waals surface area contributed by atoms with E-state index in [-0.39, 0.29) is 18.6 Å². The van der Waals surface area contributed by atoms with E-state index in [1.807, 2.05) is 0 Å². The van der Waals surface area contributed by atoms with E-state index in [4.69, 9.17) is 4.74 Å². The molecule has 1 aliphatic rings. The van der Waals surface area contributed by atoms with Crippen molar-refractivity contribution >= 4 is 5.91 Å². The number of amides is 1. The summed E-state index contributed by atoms with van der Waals surface area (Å²) >= 11 is 0. The van der Waals surface area contributed by atoms with Crippen LogP contribution in [0, 0.1) is 0 Å². The molecule has 0 saturated carbocycles. The molecule has 0 radical (unpaired) electrons. The molecule has 1 saturated heterocycles. The number of nitrogens with zero attached hydrogens (tertiary/aromatic N) is 4. The van der Waals surface area contributed by atoms with E-state index in [9.17, 15) is 4.79 Å². The third-order valence-corrected chi connectivity index (χ3v) is 2.69. The molecule has 1 atom stereocenters. The Labute approximate surface area is 94.2 Å². The summed E-state index contributed by atoms with van der Waals surface area (Å²) in [5.74, 6) is 0.0287. The number of hydrogen-bond acceptors (Lipinski definition) is 4. The Kier molecular flexibility index (Phi) is 3.51. The van der Waals surface area contributed by atoms with Crippen molar-refractivity contribution in [1.82, 2.24) is 19.7 Å². The Hall–Kier alpha value is -1.43. The van der Waals surface area contributed by atoms with Gasteiger partial charge in [0.2, 0.25) is 5.91 Å². The third kappa shape index (κ3) is 2.79. The van der Waals surface area contributed by atoms with Crippen LogP contribution < -0.4 is 0 Å². The second kappa shape index (κ2) is 5.07. The van der Waals surface area contributed by atoms with Crippen molar-refractivity contribution < 1.29 is 9.53 Å². The number of ether oxygens (including phenoxy) is 1. The Bertz CT molecular complexity index is 333. The normalized spacial score (nSPS) is 19.9. The summed E-state index contributed by atoms with van der Waals surface area (Å²) in [4.78, 5) is 17.3. The average molecular weight is 224 g/mol. The number of aromatic nitrogens is 3. The molecular formula is C10H16N4O2. The third-order valence-electron chi connectivity index (χ3n) is 2.69. The van der Waals surface area contributed by atoms with Crippen molar-refractivity contribution in [2.24, 2.45) is 0 Å². The minimum atomic E-state index is 0.0287. The Balaban J connectivity index is 1.79. The predicted octanol–water partition coefficient (Wildman–Crippen LogP) is -0.0845. The van der Waals surface area contributed by atoms with Gasteiger partial charge < -0.3 is 9.64 Å². The Morgan fingerprint density at radius 2 is 2.56 bits per heavy atom. The van der Waals surface area contributed by atoms with E-state index in [0.717, 1.165) is 19.4 Å². The maximum Gasteiger partial charge on any atom is 0.244 e. The van der Waals surface area contributed by atoms with Crippen LogP contribution in [0.3, 0.4) is 0 Å². The van der Waals surface area contributed by atoms with E-state index >= 15 is 0 Å². The van der Waals surface area contributed by atoms with Gasteiger partial charge in [-0.25, -0.2) is 9.67 Å². The van der Waals surface area contributed by atoms with Crippen LogP contribution in [0.1, 0.15) is 12.8 Å². The summed E-state index contributed by atoms with van der Waals surface area (Å²) in [6.07, 6.45) is 5.30. The molecule has 2 rings (SSSR count). The molecule has 0 bridgehead atoms. The lowest BCUT2D eigenvalue weighted by atomic mass is 10.2. The Morgan fingerprint density at radius 3 is 3.19 bits per heavy atom. The van der Waals surface area contributed by atoms with Gasteiger partial charge in [-0.3, -0.25) is 4.79 Å². The lowest BCUT2D eigenvalue weighted by molar-refractivity contribution is -0.132. The van der Waals surface area contributed by atoms with Crippen LogP contribution in [0.25, 0.3) is 0 Å². The van der Waals surface area contributed by atoms with Crippen molar-refractivity contribution in [2.75, 3.05) is 20.2 Å². The van der Waals surface area contributed by atoms with Crippen LogP contribution in [0.2, 0.25) is 0 Å². The predicted molar refractivity (Wildman–Crippen MR) is 56.6 cm³/mol. The highest BCUT2D eigenvalue weighted by atomic mass is 16.5. The standard InChI is InChI=1S/C10H16N4O2/c1-13(5-9-3-2-4-16-9)10(15)6-14-8-11-7-12-14/h7-9H,2-6H2,1H3/t9-/m0/s1. The maximum atomic E-state index is 11.8. The summed E-state index contributed by atoms with van der Waals surface area (Å²) < 4.78 is 7.00. The van der Waals surface area contributed by atoms with Crippen LogP contribution in [-0.2, 0) is 16.1 Å². The first-order valence-electron chi connectivity index (χ1n) is 5.43. The van der Waals surface area contributed by atoms with Gasteiger partial charge in [0.05, 0.1) is 6.10 Å². The first-order valence-corrected chi connectivity index (χ1v) is 5.43. The topological polar surface area (TPSA) is 60.2 Å². The summed E-state index contributed by atoms with van der Waals surface area (Å²) in [7, 11) is 1.79. The second-order valence-corrected chi connectivity index (χ2v) is 4.00. The highest BCUT2D eigenvalue weighted by Crippen LogP contribution is 2.12. The Morgan fingerprint density at radius 1 is 1.69 bits per heavy atom. The zero-order valence-corrected chi connectivity index (χ0v) is 9.37. The minimum absolute atomic E-state index is 0.0287. The molecule has 2 heterocycles. The molecule has 1 fully saturated rings. The fraction of sp³-hybridized carbons (Fsp3) is 0.700. The lowest BCUT2D eigenvalue weighted by Crippen LogP contribution is -2.36. The summed E-state index contributed by atoms with van der Waals surface area (Å²) in [5, 5.41) is 3.90. The van der Waals surface area contributed by atoms with Crippen molar-refractivity contribution in [3.05, 3.63) is 12.7 Å². The quantitative estimate of drug-likeness (QED) is 0.717. The first-order chi connectivity index (χ1) is 7.75. The number of hydrogen-bond donors (Lipinski definition) is 0. The van der Waals surface area contributed by atoms with Crippen molar-refractivity contribution in [1.29, 1.82) is 0 Å². The van der Waals surface area contributed by atoms with Crippen LogP contribution in [0.5, 0.6) is 0 Å². The van der Waals surface area contributed by atoms with Crippen LogP contribution >= 0.6 is 0 Å². The number of carbonyl (C=O) groups is 1. The molecular weight excluding hydrogens is 208 g/mol. The SMILES string of the molecule is CN(C[C@@H]1CCCO1)C(=O)Cn1cncn1. The van der Waals surface area contributed by atoms with Gasteiger partial charge in [0, 0.05) is 20.2 Å². The molecule has 0 unspecified atom stereocenters. The smallest absolute Gasteiger partial charge is 0.244 e. The van der Waals surface area contributed by atoms with Gasteiger partial charge in [-0.2, -0.15) is 5.10 Å². The summed E-state index contributed by atoms with van der Waals surface area (Å²) in [6.45, 7) is 1.71. The van der Waals surface area contributed by atoms with Crippen molar-refractivity contribution in [3.8, 4) is 0 Å². The highest BCUT2D eigenvalue weighted by Gasteiger charge is 2.20. The van der Waals surface area contributed by atoms with Gasteiger partial charge in [0.1, 0.15) is 19.2 Å². The van der Waals surface area contributed by atoms with Crippen molar-refractivity contribution in [3.63, 3.8) is 0 Å². The molecule has 0 spiro atoms. The van der Waals surface area contributed by atoms with Gasteiger partial charge in [-0.05, 0) is 12.8 Å². The van der Waals surface area contributed by atoms with Crippen LogP contribution in [0.4, 0.5) is 0 Å². The van der Waals surface area contributed by atoms with Gasteiger partial charge in [0.15, 0.2) is 0 Å². The number of rotatable bonds is 4. The lowest BCUT2D eigenvalue weighted by Gasteiger charge is -2.20. The average Bonchev–Trinajstić information content (AvgIpc) is 2.90. The highest BCUT2D eigenvalue weighted by molar-refractivity contribution is 5.75. The van der Waals surface area contributed by atoms with Crippen LogP contribution in [-0.4, -0.2) is 51.9 Å². The minimum Gasteiger partial charge on any atom is -0.376 e. The molecule has 1 aromatic rings. The molecule has 0 aromatic carbocycles. The zero-order chi connectivity index (χ0) is 11.4. The van der Waals surface area contributed by atoms with Gasteiger partial charge in [-0.1, -0.05) is 0 Å². The molecule has 16 heavy (non-hydrogen) atoms. The maximum absolute atomic E-state index is 11.8. The summed E-state index contributed by atoms with van der Waals surface area (Å²) in [5.41, 5.74) is 0. The second-order valence-electron chi connectivity index (χ2n) is 4.00. The number of carbonyl (C=O) groups excluding carboxylic acids is 1. The molecule has 6 heteroatoms. The molecule has 1 amide bonds. The summed E-state index contributed by atoms with van der Waals surface area (Å²) in [6, 6.07) is 0. The fourth-order valence-electron chi connectivity index (χ4n) is 1.77. The molecule has 1 aromatic heterocycles. The molecule has 0 aliphatic carbocycles. The first kappa shape index (κ1) is 11.1. The zero-order valence-electron chi connectivity index (χ0n) is 9.37. The van der Waals surface area contributed by atoms with E-state index in [1.54, 1.807) is 11.9 Å². The molecule has 1 aliphatic heterocycles. The van der Waals surface area contributed by atoms with E-state index in [0.29, 0.717) is 6.54 Å². The van der Waals surface area contributed by atoms with Crippen molar-refractivity contribution in [2.45, 2.75) is 25.5 Å². The molecule has 88 valence electrons. The van der Waals surface area contributed by atoms with E-state index in [1.165, 1.54) is 17.3 Å². The van der Waals surface area contributed by atoms with Gasteiger partial charge in [-0.15, -0.1) is 0 Å². The van der Waals surface area contributed by atoms with E-state index in [2.05, 4.69) is 10.1 Å². The number of likely N-dealkylation sites (N-methyl/N-ethyl adjacent to an activating group) is 1. The van der Waals surface area contributed by atoms with Gasteiger partial charge >= 0.3 is 0 Å². The fourth-order valence-corrected chi connectivity index (χ4v) is 1.77. The molecule has 6 nitrogen and oxygen atoms in total.